The highest BCUT2D eigenvalue weighted by atomic mass is 31.2. The van der Waals surface area contributed by atoms with Crippen LogP contribution in [0.2, 0.25) is 0 Å². The zero-order valence-electron chi connectivity index (χ0n) is 16.8. The van der Waals surface area contributed by atoms with Crippen LogP contribution >= 0.6 is 7.26 Å². The molecular formula is C22H42OP+. The summed E-state index contributed by atoms with van der Waals surface area (Å²) in [6, 6.07) is 8.71. The van der Waals surface area contributed by atoms with E-state index in [9.17, 15) is 0 Å². The Morgan fingerprint density at radius 2 is 0.958 bits per heavy atom. The Morgan fingerprint density at radius 1 is 0.625 bits per heavy atom. The maximum atomic E-state index is 8.63. The molecule has 1 aromatic carbocycles. The third kappa shape index (κ3) is 11.9. The minimum atomic E-state index is -0.562. The normalized spacial score (nSPS) is 11.0. The first-order valence-corrected chi connectivity index (χ1v) is 12.8. The van der Waals surface area contributed by atoms with Crippen molar-refractivity contribution in [2.45, 2.75) is 79.1 Å². The van der Waals surface area contributed by atoms with Gasteiger partial charge >= 0.3 is 0 Å². The van der Waals surface area contributed by atoms with E-state index in [0.29, 0.717) is 5.75 Å². The van der Waals surface area contributed by atoms with Crippen molar-refractivity contribution in [1.82, 2.24) is 0 Å². The number of rotatable bonds is 12. The van der Waals surface area contributed by atoms with Gasteiger partial charge in [-0.25, -0.2) is 0 Å². The fraction of sp³-hybridized carbons (Fsp3) is 0.727. The summed E-state index contributed by atoms with van der Waals surface area (Å²) in [6.45, 7) is 9.42. The van der Waals surface area contributed by atoms with Gasteiger partial charge in [-0.1, -0.05) is 71.6 Å². The molecule has 1 rings (SSSR count). The van der Waals surface area contributed by atoms with Crippen LogP contribution in [-0.4, -0.2) is 29.8 Å². The average Bonchev–Trinajstić information content (AvgIpc) is 2.62. The van der Waals surface area contributed by atoms with Crippen molar-refractivity contribution in [3.8, 4) is 5.75 Å². The topological polar surface area (TPSA) is 20.2 Å². The van der Waals surface area contributed by atoms with Crippen molar-refractivity contribution >= 4 is 7.26 Å². The Kier molecular flexibility index (Phi) is 15.6. The molecule has 0 spiro atoms. The number of benzene rings is 1. The molecule has 1 nitrogen and oxygen atoms in total. The Labute approximate surface area is 152 Å². The molecule has 0 aliphatic rings. The summed E-state index contributed by atoms with van der Waals surface area (Å²) < 4.78 is 0. The van der Waals surface area contributed by atoms with E-state index >= 15 is 0 Å². The zero-order chi connectivity index (χ0) is 18.1. The van der Waals surface area contributed by atoms with Crippen molar-refractivity contribution < 1.29 is 5.11 Å². The molecule has 1 N–H and O–H groups in total. The van der Waals surface area contributed by atoms with Gasteiger partial charge in [0.15, 0.2) is 0 Å². The van der Waals surface area contributed by atoms with Gasteiger partial charge in [-0.3, -0.25) is 0 Å². The summed E-state index contributed by atoms with van der Waals surface area (Å²) in [4.78, 5) is 0. The van der Waals surface area contributed by atoms with Gasteiger partial charge in [-0.15, -0.1) is 0 Å². The molecule has 0 aliphatic carbocycles. The lowest BCUT2D eigenvalue weighted by Crippen LogP contribution is -2.12. The lowest BCUT2D eigenvalue weighted by atomic mass is 10.3. The summed E-state index contributed by atoms with van der Waals surface area (Å²) in [6.07, 6.45) is 17.9. The molecule has 0 saturated heterocycles. The standard InChI is InChI=1S/C16H36P.C6H6O/c1-5-9-13-17(14-10-6-2,15-11-7-3)16-12-8-4;7-6-4-2-1-3-5-6/h5-16H2,1-4H3;1-5,7H/q+1;. The molecule has 0 unspecified atom stereocenters. The summed E-state index contributed by atoms with van der Waals surface area (Å²) in [5, 5.41) is 8.63. The highest BCUT2D eigenvalue weighted by Crippen LogP contribution is 2.61. The molecule has 0 aromatic heterocycles. The van der Waals surface area contributed by atoms with Gasteiger partial charge in [-0.05, 0) is 37.8 Å². The minimum Gasteiger partial charge on any atom is -0.508 e. The van der Waals surface area contributed by atoms with Crippen LogP contribution < -0.4 is 0 Å². The average molecular weight is 354 g/mol. The van der Waals surface area contributed by atoms with Crippen molar-refractivity contribution in [3.63, 3.8) is 0 Å². The third-order valence-corrected chi connectivity index (χ3v) is 9.76. The number of phenols is 1. The molecule has 0 atom stereocenters. The number of phenolic OH excluding ortho intramolecular Hbond substituents is 1. The predicted molar refractivity (Wildman–Crippen MR) is 114 cm³/mol. The highest BCUT2D eigenvalue weighted by Gasteiger charge is 2.34. The molecule has 0 bridgehead atoms. The van der Waals surface area contributed by atoms with Crippen LogP contribution in [0.1, 0.15) is 79.1 Å². The van der Waals surface area contributed by atoms with E-state index in [1.807, 2.05) is 6.07 Å². The number of hydrogen-bond acceptors (Lipinski definition) is 1. The highest BCUT2D eigenvalue weighted by molar-refractivity contribution is 7.75. The van der Waals surface area contributed by atoms with Gasteiger partial charge < -0.3 is 5.11 Å². The van der Waals surface area contributed by atoms with Gasteiger partial charge in [-0.2, -0.15) is 0 Å². The van der Waals surface area contributed by atoms with E-state index in [2.05, 4.69) is 27.7 Å². The Hall–Kier alpha value is -0.550. The van der Waals surface area contributed by atoms with Crippen LogP contribution in [0.3, 0.4) is 0 Å². The van der Waals surface area contributed by atoms with E-state index in [1.165, 1.54) is 51.4 Å². The largest absolute Gasteiger partial charge is 0.508 e. The fourth-order valence-electron chi connectivity index (χ4n) is 3.07. The van der Waals surface area contributed by atoms with Gasteiger partial charge in [0.05, 0.1) is 24.6 Å². The van der Waals surface area contributed by atoms with E-state index in [1.54, 1.807) is 48.9 Å². The molecular weight excluding hydrogens is 311 g/mol. The summed E-state index contributed by atoms with van der Waals surface area (Å²) in [7, 11) is -0.562. The summed E-state index contributed by atoms with van der Waals surface area (Å²) >= 11 is 0. The molecule has 0 amide bonds. The molecule has 0 saturated carbocycles. The van der Waals surface area contributed by atoms with E-state index in [4.69, 9.17) is 5.11 Å². The van der Waals surface area contributed by atoms with Crippen LogP contribution in [0.4, 0.5) is 0 Å². The van der Waals surface area contributed by atoms with Gasteiger partial charge in [0.1, 0.15) is 5.75 Å². The van der Waals surface area contributed by atoms with Gasteiger partial charge in [0.2, 0.25) is 0 Å². The predicted octanol–water partition coefficient (Wildman–Crippen LogP) is 7.60. The van der Waals surface area contributed by atoms with Crippen molar-refractivity contribution in [2.75, 3.05) is 24.6 Å². The smallest absolute Gasteiger partial charge is 0.115 e. The molecule has 2 heteroatoms. The first kappa shape index (κ1) is 23.4. The lowest BCUT2D eigenvalue weighted by molar-refractivity contribution is 0.475. The lowest BCUT2D eigenvalue weighted by Gasteiger charge is -2.28. The molecule has 0 heterocycles. The Balaban J connectivity index is 0.000000620. The summed E-state index contributed by atoms with van der Waals surface area (Å²) in [5.41, 5.74) is 0. The van der Waals surface area contributed by atoms with Gasteiger partial charge in [0, 0.05) is 7.26 Å². The van der Waals surface area contributed by atoms with Crippen molar-refractivity contribution in [2.24, 2.45) is 0 Å². The van der Waals surface area contributed by atoms with Crippen LogP contribution in [0.5, 0.6) is 5.75 Å². The SMILES string of the molecule is CCCC[P+](CCCC)(CCCC)CCCC.Oc1ccccc1. The molecule has 0 aliphatic heterocycles. The molecule has 140 valence electrons. The van der Waals surface area contributed by atoms with E-state index in [0.717, 1.165) is 0 Å². The number of para-hydroxylation sites is 1. The minimum absolute atomic E-state index is 0.322. The fourth-order valence-corrected chi connectivity index (χ4v) is 8.36. The van der Waals surface area contributed by atoms with Crippen LogP contribution in [0.25, 0.3) is 0 Å². The first-order chi connectivity index (χ1) is 11.6. The Morgan fingerprint density at radius 3 is 1.17 bits per heavy atom. The maximum Gasteiger partial charge on any atom is 0.115 e. The second-order valence-electron chi connectivity index (χ2n) is 6.99. The van der Waals surface area contributed by atoms with Crippen LogP contribution in [0, 0.1) is 0 Å². The molecule has 24 heavy (non-hydrogen) atoms. The number of unbranched alkanes of at least 4 members (excludes halogenated alkanes) is 4. The van der Waals surface area contributed by atoms with E-state index in [-0.39, 0.29) is 0 Å². The Bertz CT molecular complexity index is 326. The first-order valence-electron chi connectivity index (χ1n) is 10.2. The monoisotopic (exact) mass is 353 g/mol. The quantitative estimate of drug-likeness (QED) is 0.384. The van der Waals surface area contributed by atoms with Gasteiger partial charge in [0.25, 0.3) is 0 Å². The maximum absolute atomic E-state index is 8.63. The van der Waals surface area contributed by atoms with E-state index < -0.39 is 7.26 Å². The number of aromatic hydroxyl groups is 1. The molecule has 0 fully saturated rings. The van der Waals surface area contributed by atoms with Crippen LogP contribution in [0.15, 0.2) is 30.3 Å². The van der Waals surface area contributed by atoms with Crippen LogP contribution in [-0.2, 0) is 0 Å². The third-order valence-electron chi connectivity index (χ3n) is 4.70. The summed E-state index contributed by atoms with van der Waals surface area (Å²) in [5.74, 6) is 0.322. The van der Waals surface area contributed by atoms with Crippen molar-refractivity contribution in [3.05, 3.63) is 30.3 Å². The number of hydrogen-bond donors (Lipinski definition) is 1. The van der Waals surface area contributed by atoms with Crippen molar-refractivity contribution in [1.29, 1.82) is 0 Å². The second-order valence-corrected chi connectivity index (χ2v) is 11.5. The zero-order valence-corrected chi connectivity index (χ0v) is 17.7. The second kappa shape index (κ2) is 15.9. The molecule has 0 radical (unpaired) electrons. The molecule has 1 aromatic rings.